The van der Waals surface area contributed by atoms with Gasteiger partial charge in [-0.3, -0.25) is 9.59 Å². The van der Waals surface area contributed by atoms with Crippen LogP contribution < -0.4 is 5.32 Å². The number of hydrogen-bond acceptors (Lipinski definition) is 4. The van der Waals surface area contributed by atoms with Crippen molar-refractivity contribution in [3.05, 3.63) is 35.6 Å². The number of carbonyl (C=O) groups excluding carboxylic acids is 3. The van der Waals surface area contributed by atoms with Crippen LogP contribution in [-0.4, -0.2) is 30.8 Å². The van der Waals surface area contributed by atoms with Crippen LogP contribution >= 0.6 is 0 Å². The highest BCUT2D eigenvalue weighted by molar-refractivity contribution is 5.98. The first kappa shape index (κ1) is 18.8. The van der Waals surface area contributed by atoms with Crippen molar-refractivity contribution < 1.29 is 23.5 Å². The normalized spacial score (nSPS) is 11.9. The van der Waals surface area contributed by atoms with Crippen molar-refractivity contribution in [3.8, 4) is 0 Å². The van der Waals surface area contributed by atoms with Crippen LogP contribution in [0.25, 0.3) is 0 Å². The van der Waals surface area contributed by atoms with Crippen LogP contribution in [0.4, 0.5) is 4.39 Å². The van der Waals surface area contributed by atoms with Gasteiger partial charge >= 0.3 is 5.97 Å². The molecular weight excluding hydrogens is 301 g/mol. The maximum absolute atomic E-state index is 12.8. The quantitative estimate of drug-likeness (QED) is 0.589. The Labute approximate surface area is 135 Å². The van der Waals surface area contributed by atoms with Gasteiger partial charge < -0.3 is 10.1 Å². The summed E-state index contributed by atoms with van der Waals surface area (Å²) in [6, 6.07) is 4.44. The zero-order valence-electron chi connectivity index (χ0n) is 13.6. The van der Waals surface area contributed by atoms with Crippen molar-refractivity contribution in [2.24, 2.45) is 5.92 Å². The molecule has 1 aromatic rings. The van der Waals surface area contributed by atoms with Gasteiger partial charge in [0.25, 0.3) is 0 Å². The summed E-state index contributed by atoms with van der Waals surface area (Å²) in [6.07, 6.45) is 0.416. The van der Waals surface area contributed by atoms with E-state index in [2.05, 4.69) is 10.1 Å². The summed E-state index contributed by atoms with van der Waals surface area (Å²) in [7, 11) is 1.26. The lowest BCUT2D eigenvalue weighted by Gasteiger charge is -2.18. The van der Waals surface area contributed by atoms with Gasteiger partial charge in [0.05, 0.1) is 7.11 Å². The van der Waals surface area contributed by atoms with Crippen LogP contribution in [0.5, 0.6) is 0 Å². The Morgan fingerprint density at radius 1 is 1.13 bits per heavy atom. The van der Waals surface area contributed by atoms with E-state index >= 15 is 0 Å². The molecule has 1 rings (SSSR count). The van der Waals surface area contributed by atoms with E-state index in [1.54, 1.807) is 0 Å². The van der Waals surface area contributed by atoms with Gasteiger partial charge in [0.15, 0.2) is 5.78 Å². The first-order valence-corrected chi connectivity index (χ1v) is 7.49. The molecule has 0 aliphatic heterocycles. The fourth-order valence-electron chi connectivity index (χ4n) is 2.10. The summed E-state index contributed by atoms with van der Waals surface area (Å²) in [4.78, 5) is 35.5. The highest BCUT2D eigenvalue weighted by Gasteiger charge is 2.22. The van der Waals surface area contributed by atoms with Crippen LogP contribution in [0.3, 0.4) is 0 Å². The van der Waals surface area contributed by atoms with Crippen LogP contribution in [0.15, 0.2) is 24.3 Å². The lowest BCUT2D eigenvalue weighted by atomic mass is 10.0. The van der Waals surface area contributed by atoms with Crippen molar-refractivity contribution >= 4 is 17.7 Å². The molecule has 0 fully saturated rings. The third-order valence-electron chi connectivity index (χ3n) is 3.27. The molecule has 0 aromatic heterocycles. The zero-order chi connectivity index (χ0) is 17.4. The zero-order valence-corrected chi connectivity index (χ0v) is 13.6. The van der Waals surface area contributed by atoms with E-state index in [1.165, 1.54) is 31.4 Å². The molecule has 0 radical (unpaired) electrons. The van der Waals surface area contributed by atoms with E-state index in [1.807, 2.05) is 13.8 Å². The predicted molar refractivity (Wildman–Crippen MR) is 83.4 cm³/mol. The summed E-state index contributed by atoms with van der Waals surface area (Å²) in [6.45, 7) is 3.86. The van der Waals surface area contributed by atoms with E-state index in [0.29, 0.717) is 12.0 Å². The van der Waals surface area contributed by atoms with Gasteiger partial charge in [-0.15, -0.1) is 0 Å². The Bertz CT molecular complexity index is 554. The lowest BCUT2D eigenvalue weighted by Crippen LogP contribution is -2.42. The van der Waals surface area contributed by atoms with Gasteiger partial charge in [-0.2, -0.15) is 0 Å². The molecule has 0 unspecified atom stereocenters. The first-order chi connectivity index (χ1) is 10.8. The number of ether oxygens (including phenoxy) is 1. The van der Waals surface area contributed by atoms with Gasteiger partial charge in [-0.05, 0) is 36.6 Å². The molecule has 1 N–H and O–H groups in total. The smallest absolute Gasteiger partial charge is 0.328 e. The summed E-state index contributed by atoms with van der Waals surface area (Å²) in [5, 5.41) is 2.59. The number of esters is 1. The number of carbonyl (C=O) groups is 3. The van der Waals surface area contributed by atoms with E-state index in [-0.39, 0.29) is 24.5 Å². The average molecular weight is 323 g/mol. The number of nitrogens with one attached hydrogen (secondary N) is 1. The molecule has 1 amide bonds. The first-order valence-electron chi connectivity index (χ1n) is 7.49. The molecule has 23 heavy (non-hydrogen) atoms. The monoisotopic (exact) mass is 323 g/mol. The maximum atomic E-state index is 12.8. The average Bonchev–Trinajstić information content (AvgIpc) is 2.51. The largest absolute Gasteiger partial charge is 0.467 e. The van der Waals surface area contributed by atoms with Gasteiger partial charge in [0, 0.05) is 18.4 Å². The summed E-state index contributed by atoms with van der Waals surface area (Å²) in [5.74, 6) is -1.36. The fourth-order valence-corrected chi connectivity index (χ4v) is 2.10. The van der Waals surface area contributed by atoms with E-state index < -0.39 is 23.7 Å². The van der Waals surface area contributed by atoms with Gasteiger partial charge in [0.2, 0.25) is 5.91 Å². The maximum Gasteiger partial charge on any atom is 0.328 e. The van der Waals surface area contributed by atoms with Crippen molar-refractivity contribution in [2.75, 3.05) is 7.11 Å². The number of rotatable bonds is 8. The van der Waals surface area contributed by atoms with Gasteiger partial charge in [-0.1, -0.05) is 13.8 Å². The number of hydrogen-bond donors (Lipinski definition) is 1. The predicted octanol–water partition coefficient (Wildman–Crippen LogP) is 2.49. The van der Waals surface area contributed by atoms with E-state index in [9.17, 15) is 18.8 Å². The van der Waals surface area contributed by atoms with Gasteiger partial charge in [0.1, 0.15) is 11.9 Å². The molecule has 6 heteroatoms. The molecule has 1 atom stereocenters. The molecule has 5 nitrogen and oxygen atoms in total. The summed E-state index contributed by atoms with van der Waals surface area (Å²) in [5.41, 5.74) is 0.353. The molecule has 1 aromatic carbocycles. The Balaban J connectivity index is 2.52. The fraction of sp³-hybridized carbons (Fsp3) is 0.471. The van der Waals surface area contributed by atoms with Crippen molar-refractivity contribution in [1.29, 1.82) is 0 Å². The Morgan fingerprint density at radius 3 is 2.26 bits per heavy atom. The van der Waals surface area contributed by atoms with Crippen LogP contribution in [0, 0.1) is 11.7 Å². The lowest BCUT2D eigenvalue weighted by molar-refractivity contribution is -0.145. The Morgan fingerprint density at radius 2 is 1.74 bits per heavy atom. The third kappa shape index (κ3) is 6.59. The topological polar surface area (TPSA) is 72.5 Å². The number of halogens is 1. The molecule has 0 saturated heterocycles. The second kappa shape index (κ2) is 9.02. The minimum atomic E-state index is -0.714. The highest BCUT2D eigenvalue weighted by atomic mass is 19.1. The molecule has 126 valence electrons. The minimum absolute atomic E-state index is 0.00691. The number of ketones is 1. The third-order valence-corrected chi connectivity index (χ3v) is 3.27. The minimum Gasteiger partial charge on any atom is -0.467 e. The van der Waals surface area contributed by atoms with Crippen LogP contribution in [0.2, 0.25) is 0 Å². The number of methoxy groups -OCH3 is 1. The molecule has 0 aliphatic rings. The number of Topliss-reactive ketones (excluding diaryl/α,β-unsaturated/α-hetero) is 1. The van der Waals surface area contributed by atoms with Crippen LogP contribution in [0.1, 0.15) is 43.5 Å². The summed E-state index contributed by atoms with van der Waals surface area (Å²) >= 11 is 0. The molecule has 0 bridgehead atoms. The molecular formula is C17H22FNO4. The number of benzene rings is 1. The molecule has 0 heterocycles. The molecule has 0 saturated carbocycles. The van der Waals surface area contributed by atoms with Crippen molar-refractivity contribution in [1.82, 2.24) is 5.32 Å². The number of amides is 1. The van der Waals surface area contributed by atoms with E-state index in [4.69, 9.17) is 0 Å². The van der Waals surface area contributed by atoms with Crippen molar-refractivity contribution in [2.45, 2.75) is 39.2 Å². The molecule has 0 spiro atoms. The van der Waals surface area contributed by atoms with Crippen LogP contribution in [-0.2, 0) is 14.3 Å². The van der Waals surface area contributed by atoms with E-state index in [0.717, 1.165) is 0 Å². The second-order valence-electron chi connectivity index (χ2n) is 5.70. The SMILES string of the molecule is COC(=O)[C@@H](CC(C)C)NC(=O)CCC(=O)c1ccc(F)cc1. The Kier molecular flexibility index (Phi) is 7.38. The van der Waals surface area contributed by atoms with Crippen molar-refractivity contribution in [3.63, 3.8) is 0 Å². The Hall–Kier alpha value is -2.24. The standard InChI is InChI=1S/C17H22FNO4/c1-11(2)10-14(17(22)23-3)19-16(21)9-8-15(20)12-4-6-13(18)7-5-12/h4-7,11,14H,8-10H2,1-3H3,(H,19,21)/t14-/m1/s1. The van der Waals surface area contributed by atoms with Gasteiger partial charge in [-0.25, -0.2) is 9.18 Å². The summed E-state index contributed by atoms with van der Waals surface area (Å²) < 4.78 is 17.5. The highest BCUT2D eigenvalue weighted by Crippen LogP contribution is 2.09. The second-order valence-corrected chi connectivity index (χ2v) is 5.70. The molecule has 0 aliphatic carbocycles.